The summed E-state index contributed by atoms with van der Waals surface area (Å²) < 4.78 is 18.2. The number of hydrogen-bond donors (Lipinski definition) is 0. The molecule has 0 amide bonds. The number of halogens is 2. The predicted octanol–water partition coefficient (Wildman–Crippen LogP) is 3.45. The second-order valence-corrected chi connectivity index (χ2v) is 3.60. The van der Waals surface area contributed by atoms with E-state index in [-0.39, 0.29) is 12.4 Å². The van der Waals surface area contributed by atoms with Crippen molar-refractivity contribution in [3.8, 4) is 5.88 Å². The number of benzene rings is 1. The molecule has 16 heavy (non-hydrogen) atoms. The van der Waals surface area contributed by atoms with Crippen LogP contribution in [0.1, 0.15) is 5.56 Å². The zero-order chi connectivity index (χ0) is 11.4. The number of hydrogen-bond acceptors (Lipinski definition) is 2. The highest BCUT2D eigenvalue weighted by molar-refractivity contribution is 6.31. The number of pyridine rings is 1. The van der Waals surface area contributed by atoms with Gasteiger partial charge in [0.25, 0.3) is 0 Å². The summed E-state index contributed by atoms with van der Waals surface area (Å²) in [7, 11) is 0. The van der Waals surface area contributed by atoms with E-state index < -0.39 is 0 Å². The van der Waals surface area contributed by atoms with Crippen LogP contribution in [0.5, 0.6) is 5.88 Å². The zero-order valence-corrected chi connectivity index (χ0v) is 9.12. The van der Waals surface area contributed by atoms with Gasteiger partial charge in [-0.15, -0.1) is 0 Å². The van der Waals surface area contributed by atoms with Crippen LogP contribution < -0.4 is 4.74 Å². The molecule has 0 aliphatic carbocycles. The van der Waals surface area contributed by atoms with Gasteiger partial charge in [-0.2, -0.15) is 0 Å². The van der Waals surface area contributed by atoms with Crippen molar-refractivity contribution in [3.05, 3.63) is 59.0 Å². The van der Waals surface area contributed by atoms with E-state index in [1.807, 2.05) is 6.07 Å². The summed E-state index contributed by atoms with van der Waals surface area (Å²) >= 11 is 5.86. The molecule has 0 aliphatic heterocycles. The topological polar surface area (TPSA) is 22.1 Å². The Morgan fingerprint density at radius 2 is 2.12 bits per heavy atom. The fourth-order valence-corrected chi connectivity index (χ4v) is 1.44. The molecule has 0 fully saturated rings. The monoisotopic (exact) mass is 237 g/mol. The molecule has 0 saturated heterocycles. The lowest BCUT2D eigenvalue weighted by Gasteiger charge is -2.06. The van der Waals surface area contributed by atoms with Gasteiger partial charge in [-0.05, 0) is 18.2 Å². The lowest BCUT2D eigenvalue weighted by molar-refractivity contribution is 0.294. The predicted molar refractivity (Wildman–Crippen MR) is 60.0 cm³/mol. The normalized spacial score (nSPS) is 10.1. The Morgan fingerprint density at radius 1 is 1.25 bits per heavy atom. The van der Waals surface area contributed by atoms with E-state index in [9.17, 15) is 4.39 Å². The third-order valence-corrected chi connectivity index (χ3v) is 2.38. The minimum atomic E-state index is -0.355. The maximum atomic E-state index is 12.8. The maximum absolute atomic E-state index is 12.8. The summed E-state index contributed by atoms with van der Waals surface area (Å²) in [4.78, 5) is 4.00. The number of aromatic nitrogens is 1. The van der Waals surface area contributed by atoms with Gasteiger partial charge in [0, 0.05) is 17.8 Å². The van der Waals surface area contributed by atoms with Crippen LogP contribution in [0.3, 0.4) is 0 Å². The third-order valence-electron chi connectivity index (χ3n) is 2.03. The molecule has 1 heterocycles. The first-order valence-electron chi connectivity index (χ1n) is 4.73. The van der Waals surface area contributed by atoms with E-state index in [0.29, 0.717) is 10.9 Å². The van der Waals surface area contributed by atoms with Crippen molar-refractivity contribution in [2.24, 2.45) is 0 Å². The molecule has 4 heteroatoms. The van der Waals surface area contributed by atoms with E-state index in [0.717, 1.165) is 5.56 Å². The third kappa shape index (κ3) is 2.70. The van der Waals surface area contributed by atoms with Gasteiger partial charge in [0.15, 0.2) is 0 Å². The Hall–Kier alpha value is -1.61. The highest BCUT2D eigenvalue weighted by Crippen LogP contribution is 2.18. The van der Waals surface area contributed by atoms with Crippen molar-refractivity contribution in [2.75, 3.05) is 0 Å². The molecule has 0 saturated carbocycles. The first-order chi connectivity index (χ1) is 7.75. The Morgan fingerprint density at radius 3 is 2.81 bits per heavy atom. The van der Waals surface area contributed by atoms with Crippen LogP contribution in [0.25, 0.3) is 0 Å². The molecule has 2 nitrogen and oxygen atoms in total. The van der Waals surface area contributed by atoms with E-state index in [4.69, 9.17) is 16.3 Å². The van der Waals surface area contributed by atoms with Crippen molar-refractivity contribution >= 4 is 11.6 Å². The van der Waals surface area contributed by atoms with Crippen LogP contribution in [0, 0.1) is 5.82 Å². The molecule has 1 aromatic carbocycles. The van der Waals surface area contributed by atoms with Crippen molar-refractivity contribution < 1.29 is 9.13 Å². The van der Waals surface area contributed by atoms with Crippen LogP contribution in [0.4, 0.5) is 4.39 Å². The summed E-state index contributed by atoms with van der Waals surface area (Å²) in [5, 5.41) is 0.357. The quantitative estimate of drug-likeness (QED) is 0.816. The van der Waals surface area contributed by atoms with Crippen molar-refractivity contribution in [2.45, 2.75) is 6.61 Å². The van der Waals surface area contributed by atoms with Gasteiger partial charge >= 0.3 is 0 Å². The van der Waals surface area contributed by atoms with Gasteiger partial charge in [-0.1, -0.05) is 23.7 Å². The van der Waals surface area contributed by atoms with Gasteiger partial charge < -0.3 is 4.74 Å². The average Bonchev–Trinajstić information content (AvgIpc) is 2.29. The van der Waals surface area contributed by atoms with E-state index in [2.05, 4.69) is 4.98 Å². The van der Waals surface area contributed by atoms with E-state index in [1.165, 1.54) is 12.1 Å². The molecule has 2 rings (SSSR count). The van der Waals surface area contributed by atoms with Gasteiger partial charge in [-0.25, -0.2) is 9.37 Å². The smallest absolute Gasteiger partial charge is 0.213 e. The lowest BCUT2D eigenvalue weighted by atomic mass is 10.2. The van der Waals surface area contributed by atoms with Crippen LogP contribution in [-0.4, -0.2) is 4.98 Å². The zero-order valence-electron chi connectivity index (χ0n) is 8.36. The summed E-state index contributed by atoms with van der Waals surface area (Å²) in [6, 6.07) is 9.59. The summed E-state index contributed by atoms with van der Waals surface area (Å²) in [5.74, 6) is 0.162. The lowest BCUT2D eigenvalue weighted by Crippen LogP contribution is -1.97. The van der Waals surface area contributed by atoms with Crippen LogP contribution >= 0.6 is 11.6 Å². The Balaban J connectivity index is 2.05. The molecule has 82 valence electrons. The van der Waals surface area contributed by atoms with Crippen molar-refractivity contribution in [3.63, 3.8) is 0 Å². The van der Waals surface area contributed by atoms with Crippen molar-refractivity contribution in [1.29, 1.82) is 0 Å². The Kier molecular flexibility index (Phi) is 3.37. The van der Waals surface area contributed by atoms with E-state index >= 15 is 0 Å². The summed E-state index contributed by atoms with van der Waals surface area (Å²) in [5.41, 5.74) is 0.730. The molecule has 0 unspecified atom stereocenters. The molecule has 0 radical (unpaired) electrons. The molecule has 0 atom stereocenters. The highest BCUT2D eigenvalue weighted by atomic mass is 35.5. The molecule has 1 aromatic heterocycles. The average molecular weight is 238 g/mol. The fraction of sp³-hybridized carbons (Fsp3) is 0.0833. The molecule has 0 N–H and O–H groups in total. The largest absolute Gasteiger partial charge is 0.473 e. The van der Waals surface area contributed by atoms with Crippen molar-refractivity contribution in [1.82, 2.24) is 4.98 Å². The first-order valence-corrected chi connectivity index (χ1v) is 5.11. The SMILES string of the molecule is Fc1ccc(COc2ccccn2)c(Cl)c1. The number of ether oxygens (including phenoxy) is 1. The van der Waals surface area contributed by atoms with E-state index in [1.54, 1.807) is 24.4 Å². The molecule has 2 aromatic rings. The molecule has 0 aliphatic rings. The molecule has 0 bridgehead atoms. The van der Waals surface area contributed by atoms with Gasteiger partial charge in [-0.3, -0.25) is 0 Å². The molecular weight excluding hydrogens is 229 g/mol. The number of rotatable bonds is 3. The Bertz CT molecular complexity index is 476. The number of nitrogens with zero attached hydrogens (tertiary/aromatic N) is 1. The standard InChI is InChI=1S/C12H9ClFNO/c13-11-7-10(14)5-4-9(11)8-16-12-3-1-2-6-15-12/h1-7H,8H2. The van der Waals surface area contributed by atoms with Gasteiger partial charge in [0.1, 0.15) is 12.4 Å². The second kappa shape index (κ2) is 4.94. The van der Waals surface area contributed by atoms with Gasteiger partial charge in [0.05, 0.1) is 5.02 Å². The van der Waals surface area contributed by atoms with Crippen LogP contribution in [0.15, 0.2) is 42.6 Å². The maximum Gasteiger partial charge on any atom is 0.213 e. The Labute approximate surface area is 97.7 Å². The fourth-order valence-electron chi connectivity index (χ4n) is 1.22. The summed E-state index contributed by atoms with van der Waals surface area (Å²) in [6.07, 6.45) is 1.64. The minimum Gasteiger partial charge on any atom is -0.473 e. The van der Waals surface area contributed by atoms with Crippen LogP contribution in [-0.2, 0) is 6.61 Å². The summed E-state index contributed by atoms with van der Waals surface area (Å²) in [6.45, 7) is 0.274. The molecular formula is C12H9ClFNO. The van der Waals surface area contributed by atoms with Crippen LogP contribution in [0.2, 0.25) is 5.02 Å². The molecule has 0 spiro atoms. The highest BCUT2D eigenvalue weighted by Gasteiger charge is 2.03. The second-order valence-electron chi connectivity index (χ2n) is 3.19. The first kappa shape index (κ1) is 10.9. The minimum absolute atomic E-state index is 0.274. The van der Waals surface area contributed by atoms with Gasteiger partial charge in [0.2, 0.25) is 5.88 Å².